The minimum absolute atomic E-state index is 0.470. The molecular weight excluding hydrogens is 216 g/mol. The molecule has 1 aliphatic rings. The molecule has 2 rings (SSSR count). The molecule has 3 N–H and O–H groups in total. The normalized spacial score (nSPS) is 16.1. The lowest BCUT2D eigenvalue weighted by Gasteiger charge is -2.16. The summed E-state index contributed by atoms with van der Waals surface area (Å²) >= 11 is 0. The van der Waals surface area contributed by atoms with Crippen LogP contribution in [0.3, 0.4) is 0 Å². The van der Waals surface area contributed by atoms with E-state index in [2.05, 4.69) is 15.3 Å². The van der Waals surface area contributed by atoms with Crippen molar-refractivity contribution in [3.63, 3.8) is 0 Å². The van der Waals surface area contributed by atoms with Gasteiger partial charge in [0, 0.05) is 12.5 Å². The molecule has 1 heterocycles. The molecule has 0 aromatic carbocycles. The van der Waals surface area contributed by atoms with E-state index in [1.165, 1.54) is 25.7 Å². The van der Waals surface area contributed by atoms with Crippen LogP contribution in [0.2, 0.25) is 0 Å². The van der Waals surface area contributed by atoms with Crippen molar-refractivity contribution in [3.8, 4) is 5.88 Å². The number of aryl methyl sites for hydroxylation is 1. The molecule has 0 unspecified atom stereocenters. The van der Waals surface area contributed by atoms with E-state index >= 15 is 0 Å². The average molecular weight is 236 g/mol. The van der Waals surface area contributed by atoms with Crippen molar-refractivity contribution in [2.45, 2.75) is 45.1 Å². The lowest BCUT2D eigenvalue weighted by molar-refractivity contribution is 0.397. The summed E-state index contributed by atoms with van der Waals surface area (Å²) < 4.78 is 5.18. The Hall–Kier alpha value is -1.52. The van der Waals surface area contributed by atoms with Gasteiger partial charge in [-0.1, -0.05) is 19.8 Å². The van der Waals surface area contributed by atoms with E-state index in [0.717, 1.165) is 18.1 Å². The van der Waals surface area contributed by atoms with Gasteiger partial charge in [-0.2, -0.15) is 4.98 Å². The molecule has 1 saturated carbocycles. The van der Waals surface area contributed by atoms with E-state index in [9.17, 15) is 0 Å². The van der Waals surface area contributed by atoms with Crippen LogP contribution in [-0.4, -0.2) is 23.1 Å². The number of nitrogens with one attached hydrogen (secondary N) is 1. The lowest BCUT2D eigenvalue weighted by atomic mass is 10.2. The maximum absolute atomic E-state index is 5.98. The minimum Gasteiger partial charge on any atom is -0.479 e. The third kappa shape index (κ3) is 2.60. The molecule has 0 spiro atoms. The van der Waals surface area contributed by atoms with Crippen molar-refractivity contribution in [2.24, 2.45) is 0 Å². The van der Waals surface area contributed by atoms with E-state index < -0.39 is 0 Å². The number of rotatable bonds is 4. The highest BCUT2D eigenvalue weighted by Gasteiger charge is 2.18. The molecule has 0 bridgehead atoms. The smallest absolute Gasteiger partial charge is 0.242 e. The molecule has 1 fully saturated rings. The molecule has 17 heavy (non-hydrogen) atoms. The molecule has 1 aromatic rings. The van der Waals surface area contributed by atoms with Crippen LogP contribution in [0.1, 0.15) is 38.4 Å². The summed E-state index contributed by atoms with van der Waals surface area (Å²) in [5.41, 5.74) is 6.49. The fourth-order valence-corrected chi connectivity index (χ4v) is 2.18. The van der Waals surface area contributed by atoms with Gasteiger partial charge in [0.2, 0.25) is 5.88 Å². The number of hydrogen-bond acceptors (Lipinski definition) is 5. The predicted molar refractivity (Wildman–Crippen MR) is 68.3 cm³/mol. The topological polar surface area (TPSA) is 73.1 Å². The van der Waals surface area contributed by atoms with Crippen LogP contribution < -0.4 is 15.8 Å². The van der Waals surface area contributed by atoms with Crippen LogP contribution in [0, 0.1) is 0 Å². The molecule has 0 atom stereocenters. The van der Waals surface area contributed by atoms with Crippen molar-refractivity contribution < 1.29 is 4.74 Å². The molecule has 94 valence electrons. The van der Waals surface area contributed by atoms with E-state index in [0.29, 0.717) is 17.6 Å². The second kappa shape index (κ2) is 5.21. The van der Waals surface area contributed by atoms with Gasteiger partial charge in [-0.3, -0.25) is 0 Å². The minimum atomic E-state index is 0.470. The number of aromatic nitrogens is 2. The van der Waals surface area contributed by atoms with Gasteiger partial charge in [-0.25, -0.2) is 4.98 Å². The maximum atomic E-state index is 5.98. The van der Waals surface area contributed by atoms with Crippen LogP contribution in [-0.2, 0) is 6.42 Å². The first-order valence-corrected chi connectivity index (χ1v) is 6.21. The van der Waals surface area contributed by atoms with Gasteiger partial charge in [0.25, 0.3) is 0 Å². The molecule has 1 aliphatic carbocycles. The third-order valence-corrected chi connectivity index (χ3v) is 3.16. The van der Waals surface area contributed by atoms with Gasteiger partial charge in [-0.05, 0) is 12.8 Å². The molecule has 5 nitrogen and oxygen atoms in total. The summed E-state index contributed by atoms with van der Waals surface area (Å²) in [5, 5.41) is 3.40. The standard InChI is InChI=1S/C12H20N4O/c1-3-9-15-11(10(13)12(16-9)17-2)14-8-6-4-5-7-8/h8H,3-7,13H2,1-2H3,(H,14,15,16). The largest absolute Gasteiger partial charge is 0.479 e. The van der Waals surface area contributed by atoms with Crippen LogP contribution >= 0.6 is 0 Å². The summed E-state index contributed by atoms with van der Waals surface area (Å²) in [6, 6.07) is 0.488. The van der Waals surface area contributed by atoms with E-state index in [-0.39, 0.29) is 0 Å². The van der Waals surface area contributed by atoms with E-state index in [4.69, 9.17) is 10.5 Å². The Morgan fingerprint density at radius 2 is 2.06 bits per heavy atom. The third-order valence-electron chi connectivity index (χ3n) is 3.16. The van der Waals surface area contributed by atoms with Crippen molar-refractivity contribution in [1.82, 2.24) is 9.97 Å². The molecule has 0 radical (unpaired) electrons. The zero-order chi connectivity index (χ0) is 12.3. The van der Waals surface area contributed by atoms with Crippen LogP contribution in [0.5, 0.6) is 5.88 Å². The molecular formula is C12H20N4O. The first-order valence-electron chi connectivity index (χ1n) is 6.21. The lowest BCUT2D eigenvalue weighted by Crippen LogP contribution is -2.18. The summed E-state index contributed by atoms with van der Waals surface area (Å²) in [6.07, 6.45) is 5.71. The summed E-state index contributed by atoms with van der Waals surface area (Å²) in [4.78, 5) is 8.68. The van der Waals surface area contributed by atoms with E-state index in [1.54, 1.807) is 7.11 Å². The van der Waals surface area contributed by atoms with Crippen molar-refractivity contribution >= 4 is 11.5 Å². The Bertz CT molecular complexity index is 388. The number of nitrogens with two attached hydrogens (primary N) is 1. The van der Waals surface area contributed by atoms with Crippen molar-refractivity contribution in [2.75, 3.05) is 18.2 Å². The van der Waals surface area contributed by atoms with Crippen LogP contribution in [0.15, 0.2) is 0 Å². The molecule has 1 aromatic heterocycles. The number of methoxy groups -OCH3 is 1. The van der Waals surface area contributed by atoms with E-state index in [1.807, 2.05) is 6.92 Å². The quantitative estimate of drug-likeness (QED) is 0.836. The van der Waals surface area contributed by atoms with Gasteiger partial charge in [0.05, 0.1) is 7.11 Å². The summed E-state index contributed by atoms with van der Waals surface area (Å²) in [5.74, 6) is 1.95. The monoisotopic (exact) mass is 236 g/mol. The first-order chi connectivity index (χ1) is 8.24. The molecule has 0 aliphatic heterocycles. The van der Waals surface area contributed by atoms with Crippen molar-refractivity contribution in [1.29, 1.82) is 0 Å². The number of hydrogen-bond donors (Lipinski definition) is 2. The van der Waals surface area contributed by atoms with Gasteiger partial charge >= 0.3 is 0 Å². The Morgan fingerprint density at radius 3 is 2.65 bits per heavy atom. The highest BCUT2D eigenvalue weighted by atomic mass is 16.5. The molecule has 0 saturated heterocycles. The van der Waals surface area contributed by atoms with Gasteiger partial charge in [0.1, 0.15) is 11.5 Å². The predicted octanol–water partition coefficient (Wildman–Crippen LogP) is 1.98. The zero-order valence-corrected chi connectivity index (χ0v) is 10.5. The fourth-order valence-electron chi connectivity index (χ4n) is 2.18. The average Bonchev–Trinajstić information content (AvgIpc) is 2.84. The van der Waals surface area contributed by atoms with Crippen molar-refractivity contribution in [3.05, 3.63) is 5.82 Å². The second-order valence-corrected chi connectivity index (χ2v) is 4.39. The maximum Gasteiger partial charge on any atom is 0.242 e. The zero-order valence-electron chi connectivity index (χ0n) is 10.5. The Balaban J connectivity index is 2.24. The Labute approximate surface area is 102 Å². The highest BCUT2D eigenvalue weighted by molar-refractivity contribution is 5.67. The number of anilines is 2. The number of nitrogen functional groups attached to an aromatic ring is 1. The fraction of sp³-hybridized carbons (Fsp3) is 0.667. The SMILES string of the molecule is CCc1nc(NC2CCCC2)c(N)c(OC)n1. The molecule has 5 heteroatoms. The molecule has 0 amide bonds. The van der Waals surface area contributed by atoms with Gasteiger partial charge in [-0.15, -0.1) is 0 Å². The highest BCUT2D eigenvalue weighted by Crippen LogP contribution is 2.29. The van der Waals surface area contributed by atoms with Gasteiger partial charge in [0.15, 0.2) is 5.82 Å². The van der Waals surface area contributed by atoms with Crippen LogP contribution in [0.25, 0.3) is 0 Å². The van der Waals surface area contributed by atoms with Gasteiger partial charge < -0.3 is 15.8 Å². The number of nitrogens with zero attached hydrogens (tertiary/aromatic N) is 2. The summed E-state index contributed by atoms with van der Waals surface area (Å²) in [6.45, 7) is 2.02. The second-order valence-electron chi connectivity index (χ2n) is 4.39. The Morgan fingerprint density at radius 1 is 1.35 bits per heavy atom. The summed E-state index contributed by atoms with van der Waals surface area (Å²) in [7, 11) is 1.58. The number of ether oxygens (including phenoxy) is 1. The van der Waals surface area contributed by atoms with Crippen LogP contribution in [0.4, 0.5) is 11.5 Å². The first kappa shape index (κ1) is 12.0. The Kier molecular flexibility index (Phi) is 3.66.